The predicted molar refractivity (Wildman–Crippen MR) is 103 cm³/mol. The Bertz CT molecular complexity index is 1310. The molecule has 0 radical (unpaired) electrons. The van der Waals surface area contributed by atoms with Crippen LogP contribution in [0.2, 0.25) is 0 Å². The second-order valence-corrected chi connectivity index (χ2v) is 7.24. The summed E-state index contributed by atoms with van der Waals surface area (Å²) in [6.07, 6.45) is 3.62. The molecule has 0 aliphatic carbocycles. The number of ether oxygens (including phenoxy) is 1. The maximum absolute atomic E-state index is 12.7. The molecule has 1 aliphatic heterocycles. The summed E-state index contributed by atoms with van der Waals surface area (Å²) in [5, 5.41) is 13.0. The molecule has 0 N–H and O–H groups in total. The molecule has 10 nitrogen and oxygen atoms in total. The van der Waals surface area contributed by atoms with Crippen LogP contribution < -0.4 is 5.56 Å². The number of nitriles is 1. The van der Waals surface area contributed by atoms with Crippen LogP contribution in [0.4, 0.5) is 0 Å². The lowest BCUT2D eigenvalue weighted by molar-refractivity contribution is 0.110. The molecular formula is C20H17N7O3. The number of aryl methyl sites for hydroxylation is 1. The van der Waals surface area contributed by atoms with Gasteiger partial charge in [0.25, 0.3) is 5.56 Å². The van der Waals surface area contributed by atoms with Crippen LogP contribution in [0.25, 0.3) is 11.2 Å². The third-order valence-electron chi connectivity index (χ3n) is 5.26. The number of rotatable bonds is 4. The summed E-state index contributed by atoms with van der Waals surface area (Å²) in [5.41, 5.74) is 2.24. The van der Waals surface area contributed by atoms with E-state index in [4.69, 9.17) is 14.5 Å². The Hall–Kier alpha value is -3.84. The van der Waals surface area contributed by atoms with E-state index in [1.807, 2.05) is 12.1 Å². The first kappa shape index (κ1) is 18.2. The number of aromatic nitrogens is 6. The lowest BCUT2D eigenvalue weighted by Crippen LogP contribution is -2.22. The Kier molecular flexibility index (Phi) is 4.37. The van der Waals surface area contributed by atoms with Crippen molar-refractivity contribution in [2.24, 2.45) is 7.05 Å². The van der Waals surface area contributed by atoms with Crippen molar-refractivity contribution in [3.05, 3.63) is 70.1 Å². The minimum atomic E-state index is -0.218. The first-order chi connectivity index (χ1) is 14.6. The largest absolute Gasteiger partial charge is 0.373 e. The highest BCUT2D eigenvalue weighted by atomic mass is 16.5. The van der Waals surface area contributed by atoms with Gasteiger partial charge >= 0.3 is 0 Å². The summed E-state index contributed by atoms with van der Waals surface area (Å²) in [4.78, 5) is 25.4. The second kappa shape index (κ2) is 7.20. The van der Waals surface area contributed by atoms with E-state index >= 15 is 0 Å². The van der Waals surface area contributed by atoms with Crippen LogP contribution in [0.3, 0.4) is 0 Å². The third-order valence-corrected chi connectivity index (χ3v) is 5.26. The van der Waals surface area contributed by atoms with Crippen molar-refractivity contribution in [3.8, 4) is 6.07 Å². The highest BCUT2D eigenvalue weighted by molar-refractivity contribution is 5.68. The van der Waals surface area contributed by atoms with Gasteiger partial charge in [0.05, 0.1) is 30.7 Å². The normalized spacial score (nSPS) is 18.7. The van der Waals surface area contributed by atoms with E-state index < -0.39 is 0 Å². The molecule has 1 saturated heterocycles. The van der Waals surface area contributed by atoms with Gasteiger partial charge in [-0.3, -0.25) is 9.36 Å². The number of benzene rings is 1. The maximum atomic E-state index is 12.7. The number of imidazole rings is 1. The predicted octanol–water partition coefficient (Wildman–Crippen LogP) is 1.68. The molecule has 4 heterocycles. The van der Waals surface area contributed by atoms with Gasteiger partial charge in [0.15, 0.2) is 17.0 Å². The van der Waals surface area contributed by atoms with E-state index in [0.29, 0.717) is 41.5 Å². The van der Waals surface area contributed by atoms with Crippen LogP contribution in [0, 0.1) is 11.3 Å². The quantitative estimate of drug-likeness (QED) is 0.504. The molecule has 0 unspecified atom stereocenters. The van der Waals surface area contributed by atoms with Gasteiger partial charge in [-0.15, -0.1) is 0 Å². The monoisotopic (exact) mass is 403 g/mol. The minimum Gasteiger partial charge on any atom is -0.373 e. The van der Waals surface area contributed by atoms with Crippen molar-refractivity contribution in [3.63, 3.8) is 0 Å². The third kappa shape index (κ3) is 3.15. The van der Waals surface area contributed by atoms with Crippen LogP contribution in [0.5, 0.6) is 0 Å². The van der Waals surface area contributed by atoms with Crippen molar-refractivity contribution in [2.45, 2.75) is 25.0 Å². The molecule has 0 spiro atoms. The highest BCUT2D eigenvalue weighted by Gasteiger charge is 2.31. The van der Waals surface area contributed by atoms with E-state index in [1.54, 1.807) is 30.1 Å². The number of hydrogen-bond acceptors (Lipinski definition) is 8. The van der Waals surface area contributed by atoms with E-state index in [1.165, 1.54) is 10.9 Å². The lowest BCUT2D eigenvalue weighted by Gasteiger charge is -2.09. The summed E-state index contributed by atoms with van der Waals surface area (Å²) < 4.78 is 14.3. The Morgan fingerprint density at radius 2 is 2.03 bits per heavy atom. The first-order valence-corrected chi connectivity index (χ1v) is 9.43. The second-order valence-electron chi connectivity index (χ2n) is 7.24. The molecule has 2 atom stereocenters. The van der Waals surface area contributed by atoms with Gasteiger partial charge in [0.2, 0.25) is 5.89 Å². The maximum Gasteiger partial charge on any atom is 0.280 e. The highest BCUT2D eigenvalue weighted by Crippen LogP contribution is 2.37. The van der Waals surface area contributed by atoms with Crippen molar-refractivity contribution in [1.82, 2.24) is 29.2 Å². The molecule has 10 heteroatoms. The van der Waals surface area contributed by atoms with Crippen LogP contribution in [-0.2, 0) is 18.3 Å². The molecule has 0 amide bonds. The molecule has 1 aliphatic rings. The zero-order valence-corrected chi connectivity index (χ0v) is 16.1. The van der Waals surface area contributed by atoms with Gasteiger partial charge in [0.1, 0.15) is 12.9 Å². The van der Waals surface area contributed by atoms with Crippen LogP contribution in [-0.4, -0.2) is 35.8 Å². The molecule has 4 aromatic rings. The number of hydrogen-bond donors (Lipinski definition) is 0. The molecule has 150 valence electrons. The van der Waals surface area contributed by atoms with Crippen molar-refractivity contribution in [1.29, 1.82) is 5.26 Å². The molecular weight excluding hydrogens is 386 g/mol. The smallest absolute Gasteiger partial charge is 0.280 e. The molecule has 0 bridgehead atoms. The minimum absolute atomic E-state index is 0.00227. The molecule has 30 heavy (non-hydrogen) atoms. The summed E-state index contributed by atoms with van der Waals surface area (Å²) in [6, 6.07) is 9.48. The van der Waals surface area contributed by atoms with E-state index in [9.17, 15) is 4.79 Å². The van der Waals surface area contributed by atoms with Crippen LogP contribution in [0.15, 0.2) is 46.2 Å². The van der Waals surface area contributed by atoms with Gasteiger partial charge in [-0.2, -0.15) is 10.2 Å². The zero-order valence-electron chi connectivity index (χ0n) is 16.1. The lowest BCUT2D eigenvalue weighted by atomic mass is 9.99. The Morgan fingerprint density at radius 3 is 2.83 bits per heavy atom. The first-order valence-electron chi connectivity index (χ1n) is 9.43. The number of nitrogens with zero attached hydrogens (tertiary/aromatic N) is 7. The van der Waals surface area contributed by atoms with Gasteiger partial charge in [-0.05, 0) is 24.1 Å². The summed E-state index contributed by atoms with van der Waals surface area (Å²) in [5.74, 6) is 0.888. The SMILES string of the molecule is Cn1cnc2ncn(Cc3nc([C@@H]4CO[C@@H](c5ccc(C#N)cc5)C4)no3)c(=O)c21. The molecule has 1 fully saturated rings. The van der Waals surface area contributed by atoms with Crippen molar-refractivity contribution in [2.75, 3.05) is 6.61 Å². The topological polar surface area (TPSA) is 125 Å². The van der Waals surface area contributed by atoms with Crippen molar-refractivity contribution >= 4 is 11.2 Å². The van der Waals surface area contributed by atoms with Crippen LogP contribution >= 0.6 is 0 Å². The van der Waals surface area contributed by atoms with Gasteiger partial charge < -0.3 is 13.8 Å². The summed E-state index contributed by atoms with van der Waals surface area (Å²) in [7, 11) is 1.75. The average Bonchev–Trinajstić information content (AvgIpc) is 3.50. The fourth-order valence-electron chi connectivity index (χ4n) is 3.64. The van der Waals surface area contributed by atoms with Gasteiger partial charge in [-0.25, -0.2) is 9.97 Å². The van der Waals surface area contributed by atoms with E-state index in [0.717, 1.165) is 5.56 Å². The summed E-state index contributed by atoms with van der Waals surface area (Å²) in [6.45, 7) is 0.610. The van der Waals surface area contributed by atoms with E-state index in [-0.39, 0.29) is 24.1 Å². The standard InChI is InChI=1S/C20H17N7O3/c1-26-10-22-19-17(26)20(28)27(11-23-19)8-16-24-18(25-30-16)14-6-15(29-9-14)13-4-2-12(7-21)3-5-13/h2-5,10-11,14-15H,6,8-9H2,1H3/t14-,15+/m0/s1. The fourth-order valence-corrected chi connectivity index (χ4v) is 3.64. The van der Waals surface area contributed by atoms with Gasteiger partial charge in [-0.1, -0.05) is 17.3 Å². The van der Waals surface area contributed by atoms with Crippen molar-refractivity contribution < 1.29 is 9.26 Å². The Balaban J connectivity index is 1.31. The molecule has 0 saturated carbocycles. The fraction of sp³-hybridized carbons (Fsp3) is 0.300. The molecule has 5 rings (SSSR count). The molecule has 1 aromatic carbocycles. The Morgan fingerprint density at radius 1 is 1.23 bits per heavy atom. The summed E-state index contributed by atoms with van der Waals surface area (Å²) >= 11 is 0. The Labute approximate surface area is 170 Å². The molecule has 3 aromatic heterocycles. The number of fused-ring (bicyclic) bond motifs is 1. The van der Waals surface area contributed by atoms with E-state index in [2.05, 4.69) is 26.2 Å². The average molecular weight is 403 g/mol. The van der Waals surface area contributed by atoms with Crippen LogP contribution in [0.1, 0.15) is 41.3 Å². The zero-order chi connectivity index (χ0) is 20.7. The van der Waals surface area contributed by atoms with Gasteiger partial charge in [0, 0.05) is 13.0 Å².